The van der Waals surface area contributed by atoms with Crippen LogP contribution in [0.1, 0.15) is 5.56 Å². The van der Waals surface area contributed by atoms with Crippen molar-refractivity contribution in [2.75, 3.05) is 0 Å². The number of phenolic OH excluding ortho intramolecular Hbond substituents is 1. The summed E-state index contributed by atoms with van der Waals surface area (Å²) in [5, 5.41) is 9.48. The van der Waals surface area contributed by atoms with Gasteiger partial charge in [-0.3, -0.25) is 0 Å². The number of benzene rings is 6. The Hall–Kier alpha value is -5.33. The molecule has 0 radical (unpaired) electrons. The van der Waals surface area contributed by atoms with E-state index in [0.717, 1.165) is 28.0 Å². The summed E-state index contributed by atoms with van der Waals surface area (Å²) in [4.78, 5) is 0.518. The van der Waals surface area contributed by atoms with E-state index < -0.39 is 11.1 Å². The molecule has 0 saturated carbocycles. The van der Waals surface area contributed by atoms with Crippen LogP contribution in [-0.2, 0) is 11.1 Å². The fourth-order valence-electron chi connectivity index (χ4n) is 4.42. The number of hydrogen-bond acceptors (Lipinski definition) is 5. The van der Waals surface area contributed by atoms with Crippen LogP contribution in [0.5, 0.6) is 34.5 Å². The third-order valence-electron chi connectivity index (χ3n) is 6.78. The number of phenols is 1. The molecule has 6 aromatic rings. The molecule has 0 aliphatic heterocycles. The second-order valence-corrected chi connectivity index (χ2v) is 11.0. The van der Waals surface area contributed by atoms with Crippen LogP contribution in [0.15, 0.2) is 150 Å². The lowest BCUT2D eigenvalue weighted by Gasteiger charge is -2.10. The molecule has 0 aliphatic rings. The summed E-state index contributed by atoms with van der Waals surface area (Å²) in [6, 6.07) is 45.0. The Balaban J connectivity index is 1.02. The van der Waals surface area contributed by atoms with E-state index in [2.05, 4.69) is 31.2 Å². The molecule has 6 rings (SSSR count). The van der Waals surface area contributed by atoms with Crippen LogP contribution in [0.3, 0.4) is 0 Å². The van der Waals surface area contributed by atoms with Gasteiger partial charge in [-0.25, -0.2) is 4.21 Å². The number of aromatic hydroxyl groups is 1. The van der Waals surface area contributed by atoms with Crippen molar-refractivity contribution in [3.8, 4) is 56.8 Å². The van der Waals surface area contributed by atoms with E-state index in [0.29, 0.717) is 27.9 Å². The van der Waals surface area contributed by atoms with Crippen molar-refractivity contribution in [1.29, 1.82) is 0 Å². The zero-order valence-corrected chi connectivity index (χ0v) is 24.2. The summed E-state index contributed by atoms with van der Waals surface area (Å²) < 4.78 is 30.4. The van der Waals surface area contributed by atoms with Gasteiger partial charge in [0.1, 0.15) is 34.5 Å². The van der Waals surface area contributed by atoms with Gasteiger partial charge >= 0.3 is 0 Å². The van der Waals surface area contributed by atoms with Crippen molar-refractivity contribution < 1.29 is 23.0 Å². The van der Waals surface area contributed by atoms with E-state index in [9.17, 15) is 9.32 Å². The predicted molar refractivity (Wildman–Crippen MR) is 170 cm³/mol. The van der Waals surface area contributed by atoms with Crippen molar-refractivity contribution in [2.45, 2.75) is 11.8 Å². The molecule has 0 fully saturated rings. The van der Waals surface area contributed by atoms with Crippen molar-refractivity contribution in [1.82, 2.24) is 0 Å². The topological polar surface area (TPSA) is 65.0 Å². The average Bonchev–Trinajstić information content (AvgIpc) is 3.04. The molecule has 6 aromatic carbocycles. The zero-order valence-electron chi connectivity index (χ0n) is 23.3. The zero-order chi connectivity index (χ0) is 29.6. The number of rotatable bonds is 9. The summed E-state index contributed by atoms with van der Waals surface area (Å²) in [6.45, 7) is 2.07. The van der Waals surface area contributed by atoms with Gasteiger partial charge in [0.15, 0.2) is 0 Å². The van der Waals surface area contributed by atoms with Gasteiger partial charge in [0.05, 0.1) is 4.90 Å². The molecule has 0 heterocycles. The van der Waals surface area contributed by atoms with Gasteiger partial charge in [-0.05, 0) is 114 Å². The summed E-state index contributed by atoms with van der Waals surface area (Å²) in [5.74, 6) is 3.37. The second-order valence-electron chi connectivity index (χ2n) is 9.93. The first-order valence-corrected chi connectivity index (χ1v) is 14.8. The lowest BCUT2D eigenvalue weighted by atomic mass is 10.0. The predicted octanol–water partition coefficient (Wildman–Crippen LogP) is 9.72. The number of aryl methyl sites for hydroxylation is 1. The van der Waals surface area contributed by atoms with Crippen LogP contribution >= 0.6 is 0 Å². The lowest BCUT2D eigenvalue weighted by molar-refractivity contribution is 0.475. The highest BCUT2D eigenvalue weighted by Crippen LogP contribution is 2.30. The van der Waals surface area contributed by atoms with E-state index >= 15 is 0 Å². The Morgan fingerprint density at radius 1 is 0.442 bits per heavy atom. The first kappa shape index (κ1) is 27.8. The van der Waals surface area contributed by atoms with Gasteiger partial charge in [0, 0.05) is 0 Å². The van der Waals surface area contributed by atoms with Gasteiger partial charge in [0.2, 0.25) is 11.1 Å². The Morgan fingerprint density at radius 3 is 1.21 bits per heavy atom. The molecule has 0 saturated heterocycles. The average molecular weight is 585 g/mol. The van der Waals surface area contributed by atoms with Crippen LogP contribution in [0.25, 0.3) is 22.3 Å². The highest BCUT2D eigenvalue weighted by Gasteiger charge is 2.09. The van der Waals surface area contributed by atoms with Crippen molar-refractivity contribution in [3.05, 3.63) is 151 Å². The minimum Gasteiger partial charge on any atom is -0.508 e. The maximum absolute atomic E-state index is 12.8. The first-order chi connectivity index (χ1) is 21.0. The first-order valence-electron chi connectivity index (χ1n) is 13.7. The summed E-state index contributed by atoms with van der Waals surface area (Å²) in [5.41, 5.74) is 5.53. The molecule has 0 amide bonds. The van der Waals surface area contributed by atoms with Gasteiger partial charge in [-0.2, -0.15) is 0 Å². The standard InChI is InChI=1S/C37H28O5S/c1-26-2-4-27(5-3-26)29-8-14-32(15-9-29)40-34-18-20-36(21-19-34)42-43(39)37-24-22-35(23-25-37)41-33-16-10-30(11-17-33)28-6-12-31(38)13-7-28/h2-25,38H,1H3. The maximum Gasteiger partial charge on any atom is 0.240 e. The van der Waals surface area contributed by atoms with Gasteiger partial charge < -0.3 is 18.8 Å². The Kier molecular flexibility index (Phi) is 8.20. The van der Waals surface area contributed by atoms with Crippen molar-refractivity contribution >= 4 is 11.1 Å². The molecule has 0 aliphatic carbocycles. The third-order valence-corrected chi connectivity index (χ3v) is 7.78. The van der Waals surface area contributed by atoms with Crippen LogP contribution in [-0.4, -0.2) is 9.32 Å². The molecule has 0 bridgehead atoms. The molecule has 1 unspecified atom stereocenters. The Bertz CT molecular complexity index is 1810. The molecular formula is C37H28O5S. The van der Waals surface area contributed by atoms with Crippen LogP contribution < -0.4 is 13.7 Å². The molecule has 6 heteroatoms. The summed E-state index contributed by atoms with van der Waals surface area (Å²) in [6.07, 6.45) is 0. The minimum absolute atomic E-state index is 0.234. The Labute approximate surface area is 253 Å². The van der Waals surface area contributed by atoms with Crippen LogP contribution in [0, 0.1) is 6.92 Å². The quantitative estimate of drug-likeness (QED) is 0.183. The van der Waals surface area contributed by atoms with E-state index in [1.807, 2.05) is 60.7 Å². The van der Waals surface area contributed by atoms with Crippen molar-refractivity contribution in [2.24, 2.45) is 0 Å². The SMILES string of the molecule is Cc1ccc(-c2ccc(Oc3ccc(OS(=O)c4ccc(Oc5ccc(-c6ccc(O)cc6)cc5)cc4)cc3)cc2)cc1. The van der Waals surface area contributed by atoms with E-state index in [1.165, 1.54) is 5.56 Å². The van der Waals surface area contributed by atoms with Crippen molar-refractivity contribution in [3.63, 3.8) is 0 Å². The molecule has 1 N–H and O–H groups in total. The summed E-state index contributed by atoms with van der Waals surface area (Å²) >= 11 is -1.70. The maximum atomic E-state index is 12.8. The fourth-order valence-corrected chi connectivity index (χ4v) is 5.16. The molecule has 212 valence electrons. The second kappa shape index (κ2) is 12.7. The fraction of sp³-hybridized carbons (Fsp3) is 0.0270. The Morgan fingerprint density at radius 2 is 0.767 bits per heavy atom. The molecule has 1 atom stereocenters. The third kappa shape index (κ3) is 7.12. The molecule has 0 aromatic heterocycles. The number of ether oxygens (including phenoxy) is 2. The minimum atomic E-state index is -1.70. The van der Waals surface area contributed by atoms with Gasteiger partial charge in [-0.15, -0.1) is 0 Å². The molecule has 0 spiro atoms. The van der Waals surface area contributed by atoms with E-state index in [1.54, 1.807) is 60.7 Å². The van der Waals surface area contributed by atoms with Crippen LogP contribution in [0.2, 0.25) is 0 Å². The highest BCUT2D eigenvalue weighted by atomic mass is 32.2. The smallest absolute Gasteiger partial charge is 0.240 e. The summed E-state index contributed by atoms with van der Waals surface area (Å²) in [7, 11) is 0. The largest absolute Gasteiger partial charge is 0.508 e. The van der Waals surface area contributed by atoms with E-state index in [-0.39, 0.29) is 5.75 Å². The lowest BCUT2D eigenvalue weighted by Crippen LogP contribution is -2.01. The normalized spacial score (nSPS) is 11.5. The monoisotopic (exact) mass is 584 g/mol. The molecule has 5 nitrogen and oxygen atoms in total. The van der Waals surface area contributed by atoms with Crippen LogP contribution in [0.4, 0.5) is 0 Å². The van der Waals surface area contributed by atoms with Gasteiger partial charge in [0.25, 0.3) is 0 Å². The molecule has 43 heavy (non-hydrogen) atoms. The molecular weight excluding hydrogens is 556 g/mol. The van der Waals surface area contributed by atoms with Gasteiger partial charge in [-0.1, -0.05) is 66.2 Å². The van der Waals surface area contributed by atoms with E-state index in [4.69, 9.17) is 13.7 Å². The highest BCUT2D eigenvalue weighted by molar-refractivity contribution is 7.80. The number of hydrogen-bond donors (Lipinski definition) is 1.